The molecule has 6 heteroatoms. The zero-order chi connectivity index (χ0) is 11.3. The van der Waals surface area contributed by atoms with Gasteiger partial charge in [-0.2, -0.15) is 5.26 Å². The van der Waals surface area contributed by atoms with Crippen LogP contribution in [0.2, 0.25) is 0 Å². The molecule has 1 saturated heterocycles. The summed E-state index contributed by atoms with van der Waals surface area (Å²) < 4.78 is 0. The maximum absolute atomic E-state index is 11.6. The SMILES string of the molecule is N#CC[C@H]1CN(N)CCN1C(=O)/C=C\Cl. The number of nitrogens with two attached hydrogens (primary N) is 1. The minimum Gasteiger partial charge on any atom is -0.332 e. The number of rotatable bonds is 2. The van der Waals surface area contributed by atoms with Gasteiger partial charge in [-0.25, -0.2) is 5.01 Å². The minimum absolute atomic E-state index is 0.144. The Hall–Kier alpha value is -1.09. The fourth-order valence-corrected chi connectivity index (χ4v) is 1.71. The van der Waals surface area contributed by atoms with Crippen molar-refractivity contribution in [3.63, 3.8) is 0 Å². The molecule has 2 N–H and O–H groups in total. The number of hydrogen-bond acceptors (Lipinski definition) is 4. The molecule has 15 heavy (non-hydrogen) atoms. The predicted molar refractivity (Wildman–Crippen MR) is 56.5 cm³/mol. The van der Waals surface area contributed by atoms with Crippen LogP contribution in [0.1, 0.15) is 6.42 Å². The third kappa shape index (κ3) is 3.20. The van der Waals surface area contributed by atoms with Crippen LogP contribution < -0.4 is 5.84 Å². The molecule has 1 heterocycles. The first kappa shape index (κ1) is 12.0. The van der Waals surface area contributed by atoms with Gasteiger partial charge >= 0.3 is 0 Å². The van der Waals surface area contributed by atoms with E-state index in [0.29, 0.717) is 19.6 Å². The standard InChI is InChI=1S/C9H13ClN4O/c10-3-1-9(15)14-6-5-13(12)7-8(14)2-4-11/h1,3,8H,2,5-7,12H2/b3-1-/t8-/m0/s1. The Morgan fingerprint density at radius 3 is 3.00 bits per heavy atom. The van der Waals surface area contributed by atoms with Gasteiger partial charge in [-0.3, -0.25) is 10.6 Å². The van der Waals surface area contributed by atoms with Crippen LogP contribution >= 0.6 is 11.6 Å². The van der Waals surface area contributed by atoms with Crippen molar-refractivity contribution in [1.29, 1.82) is 5.26 Å². The molecule has 0 aromatic carbocycles. The number of amides is 1. The second kappa shape index (κ2) is 5.71. The zero-order valence-corrected chi connectivity index (χ0v) is 9.02. The molecule has 0 aromatic heterocycles. The molecule has 1 atom stereocenters. The van der Waals surface area contributed by atoms with Crippen LogP contribution in [0.4, 0.5) is 0 Å². The highest BCUT2D eigenvalue weighted by molar-refractivity contribution is 6.26. The van der Waals surface area contributed by atoms with Crippen molar-refractivity contribution in [2.45, 2.75) is 12.5 Å². The van der Waals surface area contributed by atoms with E-state index >= 15 is 0 Å². The van der Waals surface area contributed by atoms with Crippen molar-refractivity contribution < 1.29 is 4.79 Å². The van der Waals surface area contributed by atoms with Crippen LogP contribution in [0.5, 0.6) is 0 Å². The number of carbonyl (C=O) groups is 1. The lowest BCUT2D eigenvalue weighted by Gasteiger charge is -2.38. The zero-order valence-electron chi connectivity index (χ0n) is 8.27. The van der Waals surface area contributed by atoms with Gasteiger partial charge in [0.05, 0.1) is 18.5 Å². The molecule has 0 bridgehead atoms. The largest absolute Gasteiger partial charge is 0.332 e. The summed E-state index contributed by atoms with van der Waals surface area (Å²) in [6, 6.07) is 1.91. The fraction of sp³-hybridized carbons (Fsp3) is 0.556. The van der Waals surface area contributed by atoms with E-state index in [2.05, 4.69) is 6.07 Å². The summed E-state index contributed by atoms with van der Waals surface area (Å²) in [5.74, 6) is 5.47. The summed E-state index contributed by atoms with van der Waals surface area (Å²) in [5, 5.41) is 10.3. The molecule has 1 rings (SSSR count). The average molecular weight is 229 g/mol. The highest BCUT2D eigenvalue weighted by atomic mass is 35.5. The lowest BCUT2D eigenvalue weighted by molar-refractivity contribution is -0.130. The minimum atomic E-state index is -0.168. The highest BCUT2D eigenvalue weighted by Gasteiger charge is 2.27. The van der Waals surface area contributed by atoms with E-state index in [1.54, 1.807) is 9.91 Å². The highest BCUT2D eigenvalue weighted by Crippen LogP contribution is 2.11. The van der Waals surface area contributed by atoms with Gasteiger partial charge in [0.2, 0.25) is 5.91 Å². The lowest BCUT2D eigenvalue weighted by Crippen LogP contribution is -2.56. The Balaban J connectivity index is 2.68. The maximum atomic E-state index is 11.6. The van der Waals surface area contributed by atoms with Crippen LogP contribution in [-0.2, 0) is 4.79 Å². The van der Waals surface area contributed by atoms with Crippen molar-refractivity contribution in [1.82, 2.24) is 9.91 Å². The molecule has 0 aliphatic carbocycles. The average Bonchev–Trinajstić information content (AvgIpc) is 2.18. The monoisotopic (exact) mass is 228 g/mol. The number of piperazine rings is 1. The van der Waals surface area contributed by atoms with Gasteiger partial charge in [0.25, 0.3) is 0 Å². The molecular formula is C9H13ClN4O. The quantitative estimate of drug-likeness (QED) is 0.535. The Bertz CT molecular complexity index is 299. The molecule has 1 fully saturated rings. The van der Waals surface area contributed by atoms with Crippen LogP contribution in [-0.4, -0.2) is 41.5 Å². The molecule has 5 nitrogen and oxygen atoms in total. The van der Waals surface area contributed by atoms with E-state index in [-0.39, 0.29) is 18.4 Å². The summed E-state index contributed by atoms with van der Waals surface area (Å²) in [6.45, 7) is 1.67. The van der Waals surface area contributed by atoms with E-state index in [1.165, 1.54) is 11.6 Å². The van der Waals surface area contributed by atoms with E-state index in [0.717, 1.165) is 0 Å². The molecule has 0 aromatic rings. The molecular weight excluding hydrogens is 216 g/mol. The summed E-state index contributed by atoms with van der Waals surface area (Å²) in [6.07, 6.45) is 1.58. The number of carbonyl (C=O) groups excluding carboxylic acids is 1. The van der Waals surface area contributed by atoms with Crippen LogP contribution in [0.3, 0.4) is 0 Å². The summed E-state index contributed by atoms with van der Waals surface area (Å²) in [7, 11) is 0. The third-order valence-corrected chi connectivity index (χ3v) is 2.46. The van der Waals surface area contributed by atoms with Gasteiger partial charge in [-0.15, -0.1) is 0 Å². The van der Waals surface area contributed by atoms with Crippen LogP contribution in [0, 0.1) is 11.3 Å². The van der Waals surface area contributed by atoms with Crippen molar-refractivity contribution in [2.75, 3.05) is 19.6 Å². The van der Waals surface area contributed by atoms with Gasteiger partial charge in [-0.05, 0) is 0 Å². The van der Waals surface area contributed by atoms with Crippen molar-refractivity contribution in [3.05, 3.63) is 11.6 Å². The summed E-state index contributed by atoms with van der Waals surface area (Å²) in [4.78, 5) is 13.2. The molecule has 0 spiro atoms. The van der Waals surface area contributed by atoms with E-state index in [1.807, 2.05) is 0 Å². The van der Waals surface area contributed by atoms with Gasteiger partial charge in [0.1, 0.15) is 0 Å². The Labute approximate surface area is 93.7 Å². The van der Waals surface area contributed by atoms with Crippen LogP contribution in [0.15, 0.2) is 11.6 Å². The molecule has 1 aliphatic rings. The lowest BCUT2D eigenvalue weighted by atomic mass is 10.1. The van der Waals surface area contributed by atoms with E-state index < -0.39 is 0 Å². The van der Waals surface area contributed by atoms with Crippen molar-refractivity contribution >= 4 is 17.5 Å². The second-order valence-electron chi connectivity index (χ2n) is 3.34. The first-order valence-electron chi connectivity index (χ1n) is 4.63. The van der Waals surface area contributed by atoms with Crippen LogP contribution in [0.25, 0.3) is 0 Å². The molecule has 0 saturated carbocycles. The predicted octanol–water partition coefficient (Wildman–Crippen LogP) is 0.0391. The Kier molecular flexibility index (Phi) is 4.56. The van der Waals surface area contributed by atoms with Gasteiger partial charge < -0.3 is 4.90 Å². The summed E-state index contributed by atoms with van der Waals surface area (Å²) in [5.41, 5.74) is 1.18. The van der Waals surface area contributed by atoms with E-state index in [4.69, 9.17) is 22.7 Å². The van der Waals surface area contributed by atoms with Gasteiger partial charge in [0, 0.05) is 31.2 Å². The van der Waals surface area contributed by atoms with Crippen molar-refractivity contribution in [3.8, 4) is 6.07 Å². The smallest absolute Gasteiger partial charge is 0.247 e. The molecule has 82 valence electrons. The molecule has 0 radical (unpaired) electrons. The maximum Gasteiger partial charge on any atom is 0.247 e. The topological polar surface area (TPSA) is 73.4 Å². The third-order valence-electron chi connectivity index (χ3n) is 2.33. The fourth-order valence-electron chi connectivity index (χ4n) is 1.60. The van der Waals surface area contributed by atoms with E-state index in [9.17, 15) is 4.79 Å². The number of halogens is 1. The summed E-state index contributed by atoms with van der Waals surface area (Å²) >= 11 is 5.34. The molecule has 0 unspecified atom stereocenters. The van der Waals surface area contributed by atoms with Gasteiger partial charge in [-0.1, -0.05) is 11.6 Å². The Morgan fingerprint density at radius 1 is 1.67 bits per heavy atom. The normalized spacial score (nSPS) is 23.0. The number of nitriles is 1. The first-order valence-corrected chi connectivity index (χ1v) is 5.06. The van der Waals surface area contributed by atoms with Crippen molar-refractivity contribution in [2.24, 2.45) is 5.84 Å². The number of nitrogens with zero attached hydrogens (tertiary/aromatic N) is 3. The van der Waals surface area contributed by atoms with Gasteiger partial charge in [0.15, 0.2) is 0 Å². The second-order valence-corrected chi connectivity index (χ2v) is 3.59. The Morgan fingerprint density at radius 2 is 2.40 bits per heavy atom. The molecule has 1 aliphatic heterocycles. The molecule has 1 amide bonds. The number of hydrazine groups is 1. The number of hydrogen-bond donors (Lipinski definition) is 1. The first-order chi connectivity index (χ1) is 7.19.